The van der Waals surface area contributed by atoms with E-state index in [2.05, 4.69) is 0 Å². The molecule has 0 fully saturated rings. The van der Waals surface area contributed by atoms with E-state index in [0.717, 1.165) is 17.7 Å². The van der Waals surface area contributed by atoms with Crippen molar-refractivity contribution in [3.05, 3.63) is 46.2 Å². The molecule has 1 aliphatic rings. The van der Waals surface area contributed by atoms with Gasteiger partial charge in [0, 0.05) is 11.4 Å². The van der Waals surface area contributed by atoms with E-state index in [1.165, 1.54) is 15.6 Å². The highest BCUT2D eigenvalue weighted by Gasteiger charge is 2.32. The smallest absolute Gasteiger partial charge is 0.265 e. The van der Waals surface area contributed by atoms with Gasteiger partial charge in [0.1, 0.15) is 4.90 Å². The van der Waals surface area contributed by atoms with Gasteiger partial charge in [-0.1, -0.05) is 18.2 Å². The van der Waals surface area contributed by atoms with E-state index in [4.69, 9.17) is 11.6 Å². The molecule has 2 aromatic rings. The van der Waals surface area contributed by atoms with E-state index in [9.17, 15) is 8.42 Å². The van der Waals surface area contributed by atoms with Crippen molar-refractivity contribution in [2.24, 2.45) is 0 Å². The number of thiophene rings is 1. The summed E-state index contributed by atoms with van der Waals surface area (Å²) in [5.74, 6) is 0.224. The van der Waals surface area contributed by atoms with Gasteiger partial charge in [-0.15, -0.1) is 22.9 Å². The van der Waals surface area contributed by atoms with Crippen LogP contribution in [0.5, 0.6) is 0 Å². The van der Waals surface area contributed by atoms with Crippen LogP contribution in [0.2, 0.25) is 0 Å². The second-order valence-corrected chi connectivity index (χ2v) is 7.40. The van der Waals surface area contributed by atoms with Crippen molar-refractivity contribution in [3.8, 4) is 0 Å². The first kappa shape index (κ1) is 13.0. The molecule has 1 aromatic heterocycles. The predicted molar refractivity (Wildman–Crippen MR) is 78.6 cm³/mol. The van der Waals surface area contributed by atoms with Gasteiger partial charge < -0.3 is 0 Å². The summed E-state index contributed by atoms with van der Waals surface area (Å²) in [5, 5.41) is 1.77. The molecule has 0 saturated heterocycles. The van der Waals surface area contributed by atoms with Crippen LogP contribution in [0, 0.1) is 0 Å². The standard InChI is InChI=1S/C13H12ClNO2S2/c14-9-12-13(6-8-18-12)19(16,17)15-7-5-10-3-1-2-4-11(10)15/h1-4,6,8H,5,7,9H2. The average Bonchev–Trinajstić information content (AvgIpc) is 3.05. The number of hydrogen-bond donors (Lipinski definition) is 0. The van der Waals surface area contributed by atoms with Gasteiger partial charge in [0.2, 0.25) is 0 Å². The summed E-state index contributed by atoms with van der Waals surface area (Å²) >= 11 is 7.19. The van der Waals surface area contributed by atoms with Gasteiger partial charge >= 0.3 is 0 Å². The summed E-state index contributed by atoms with van der Waals surface area (Å²) in [5.41, 5.74) is 1.86. The van der Waals surface area contributed by atoms with Crippen molar-refractivity contribution in [1.29, 1.82) is 0 Å². The Balaban J connectivity index is 2.08. The molecule has 1 aromatic carbocycles. The maximum atomic E-state index is 12.7. The molecule has 0 unspecified atom stereocenters. The van der Waals surface area contributed by atoms with Gasteiger partial charge in [0.25, 0.3) is 10.0 Å². The second kappa shape index (κ2) is 4.81. The summed E-state index contributed by atoms with van der Waals surface area (Å²) in [7, 11) is -3.49. The highest BCUT2D eigenvalue weighted by molar-refractivity contribution is 7.93. The summed E-state index contributed by atoms with van der Waals surface area (Å²) in [6, 6.07) is 9.26. The molecule has 0 amide bonds. The van der Waals surface area contributed by atoms with Gasteiger partial charge in [0.05, 0.1) is 11.6 Å². The molecule has 1 aliphatic heterocycles. The monoisotopic (exact) mass is 313 g/mol. The SMILES string of the molecule is O=S(=O)(c1ccsc1CCl)N1CCc2ccccc21. The molecule has 0 saturated carbocycles. The zero-order chi connectivity index (χ0) is 13.5. The lowest BCUT2D eigenvalue weighted by atomic mass is 10.2. The Bertz CT molecular complexity index is 709. The number of para-hydroxylation sites is 1. The van der Waals surface area contributed by atoms with Crippen molar-refractivity contribution in [1.82, 2.24) is 0 Å². The second-order valence-electron chi connectivity index (χ2n) is 4.30. The molecule has 19 heavy (non-hydrogen) atoms. The maximum absolute atomic E-state index is 12.7. The van der Waals surface area contributed by atoms with Crippen LogP contribution in [-0.4, -0.2) is 15.0 Å². The predicted octanol–water partition coefficient (Wildman–Crippen LogP) is 3.24. The summed E-state index contributed by atoms with van der Waals surface area (Å²) in [4.78, 5) is 1.04. The minimum Gasteiger partial charge on any atom is -0.266 e. The Morgan fingerprint density at radius 3 is 2.84 bits per heavy atom. The fourth-order valence-electron chi connectivity index (χ4n) is 2.33. The van der Waals surface area contributed by atoms with Crippen LogP contribution >= 0.6 is 22.9 Å². The number of halogens is 1. The number of nitrogens with zero attached hydrogens (tertiary/aromatic N) is 1. The number of fused-ring (bicyclic) bond motifs is 1. The van der Waals surface area contributed by atoms with Gasteiger partial charge in [-0.25, -0.2) is 8.42 Å². The minimum atomic E-state index is -3.49. The highest BCUT2D eigenvalue weighted by Crippen LogP contribution is 2.35. The molecule has 3 nitrogen and oxygen atoms in total. The molecule has 6 heteroatoms. The lowest BCUT2D eigenvalue weighted by Gasteiger charge is -2.19. The molecule has 0 bridgehead atoms. The number of alkyl halides is 1. The van der Waals surface area contributed by atoms with Crippen molar-refractivity contribution >= 4 is 38.6 Å². The topological polar surface area (TPSA) is 37.4 Å². The Morgan fingerprint density at radius 1 is 1.26 bits per heavy atom. The third kappa shape index (κ3) is 2.06. The first-order valence-corrected chi connectivity index (χ1v) is 8.73. The molecule has 0 N–H and O–H groups in total. The average molecular weight is 314 g/mol. The highest BCUT2D eigenvalue weighted by atomic mass is 35.5. The summed E-state index contributed by atoms with van der Waals surface area (Å²) in [6.45, 7) is 0.499. The summed E-state index contributed by atoms with van der Waals surface area (Å²) < 4.78 is 26.9. The van der Waals surface area contributed by atoms with E-state index in [1.807, 2.05) is 24.3 Å². The number of benzene rings is 1. The van der Waals surface area contributed by atoms with Crippen LogP contribution in [0.15, 0.2) is 40.6 Å². The number of rotatable bonds is 3. The van der Waals surface area contributed by atoms with E-state index in [-0.39, 0.29) is 5.88 Å². The molecule has 0 radical (unpaired) electrons. The van der Waals surface area contributed by atoms with Crippen LogP contribution < -0.4 is 4.31 Å². The summed E-state index contributed by atoms with van der Waals surface area (Å²) in [6.07, 6.45) is 0.760. The molecule has 0 atom stereocenters. The quantitative estimate of drug-likeness (QED) is 0.816. The van der Waals surface area contributed by atoms with Crippen LogP contribution in [0.25, 0.3) is 0 Å². The molecule has 2 heterocycles. The van der Waals surface area contributed by atoms with Crippen LogP contribution in [0.1, 0.15) is 10.4 Å². The zero-order valence-corrected chi connectivity index (χ0v) is 12.4. The Kier molecular flexibility index (Phi) is 3.28. The zero-order valence-electron chi connectivity index (χ0n) is 10.0. The number of hydrogen-bond acceptors (Lipinski definition) is 3. The van der Waals surface area contributed by atoms with Crippen LogP contribution in [-0.2, 0) is 22.3 Å². The van der Waals surface area contributed by atoms with Crippen molar-refractivity contribution in [2.45, 2.75) is 17.2 Å². The molecular formula is C13H12ClNO2S2. The van der Waals surface area contributed by atoms with Crippen molar-refractivity contribution in [2.75, 3.05) is 10.8 Å². The number of anilines is 1. The first-order chi connectivity index (χ1) is 9.14. The van der Waals surface area contributed by atoms with E-state index < -0.39 is 10.0 Å². The largest absolute Gasteiger partial charge is 0.266 e. The van der Waals surface area contributed by atoms with Crippen LogP contribution in [0.4, 0.5) is 5.69 Å². The third-order valence-corrected chi connectivity index (χ3v) is 6.61. The Hall–Kier alpha value is -1.04. The van der Waals surface area contributed by atoms with Gasteiger partial charge in [-0.2, -0.15) is 0 Å². The van der Waals surface area contributed by atoms with E-state index >= 15 is 0 Å². The third-order valence-electron chi connectivity index (χ3n) is 3.24. The molecular weight excluding hydrogens is 302 g/mol. The van der Waals surface area contributed by atoms with E-state index in [0.29, 0.717) is 16.3 Å². The van der Waals surface area contributed by atoms with E-state index in [1.54, 1.807) is 11.4 Å². The molecule has 0 spiro atoms. The Labute approximate surface area is 121 Å². The van der Waals surface area contributed by atoms with Crippen molar-refractivity contribution < 1.29 is 8.42 Å². The maximum Gasteiger partial charge on any atom is 0.265 e. The van der Waals surface area contributed by atoms with Crippen molar-refractivity contribution in [3.63, 3.8) is 0 Å². The number of sulfonamides is 1. The van der Waals surface area contributed by atoms with Gasteiger partial charge in [-0.05, 0) is 29.5 Å². The Morgan fingerprint density at radius 2 is 2.05 bits per heavy atom. The van der Waals surface area contributed by atoms with Gasteiger partial charge in [0.15, 0.2) is 0 Å². The fourth-order valence-corrected chi connectivity index (χ4v) is 5.51. The lowest BCUT2D eigenvalue weighted by Crippen LogP contribution is -2.29. The fraction of sp³-hybridized carbons (Fsp3) is 0.231. The lowest BCUT2D eigenvalue weighted by molar-refractivity contribution is 0.592. The first-order valence-electron chi connectivity index (χ1n) is 5.87. The molecule has 0 aliphatic carbocycles. The van der Waals surface area contributed by atoms with Gasteiger partial charge in [-0.3, -0.25) is 4.31 Å². The van der Waals surface area contributed by atoms with Crippen LogP contribution in [0.3, 0.4) is 0 Å². The molecule has 100 valence electrons. The normalized spacial score (nSPS) is 14.7. The molecule has 3 rings (SSSR count). The minimum absolute atomic E-state index is 0.224.